The van der Waals surface area contributed by atoms with Crippen LogP contribution in [0.25, 0.3) is 4.96 Å². The summed E-state index contributed by atoms with van der Waals surface area (Å²) >= 11 is 2.80. The Bertz CT molecular complexity index is 745. The van der Waals surface area contributed by atoms with Gasteiger partial charge in [-0.3, -0.25) is 9.20 Å². The second kappa shape index (κ2) is 4.42. The minimum atomic E-state index is -0.0775. The topological polar surface area (TPSA) is 102 Å². The van der Waals surface area contributed by atoms with Crippen LogP contribution in [0.15, 0.2) is 27.6 Å². The standard InChI is InChI=1S/C9H8N6OS2/c10-7-12-8(14-13-7)18-4-5-3-6(16)15-1-2-17-9(15)11-5/h1-3H,4H2,(H3,10,12,13,14). The summed E-state index contributed by atoms with van der Waals surface area (Å²) in [6.45, 7) is 0. The zero-order chi connectivity index (χ0) is 12.5. The zero-order valence-corrected chi connectivity index (χ0v) is 10.7. The van der Waals surface area contributed by atoms with Gasteiger partial charge in [0, 0.05) is 23.4 Å². The third kappa shape index (κ3) is 2.09. The molecule has 0 unspecified atom stereocenters. The van der Waals surface area contributed by atoms with Crippen LogP contribution in [0.5, 0.6) is 0 Å². The Balaban J connectivity index is 1.84. The second-order valence-corrected chi connectivity index (χ2v) is 5.25. The third-order valence-electron chi connectivity index (χ3n) is 2.19. The van der Waals surface area contributed by atoms with Gasteiger partial charge in [-0.1, -0.05) is 11.8 Å². The maximum atomic E-state index is 11.7. The van der Waals surface area contributed by atoms with Crippen LogP contribution >= 0.6 is 23.1 Å². The van der Waals surface area contributed by atoms with Crippen molar-refractivity contribution in [1.29, 1.82) is 0 Å². The fourth-order valence-electron chi connectivity index (χ4n) is 1.42. The minimum Gasteiger partial charge on any atom is -0.368 e. The van der Waals surface area contributed by atoms with Crippen molar-refractivity contribution in [2.45, 2.75) is 10.9 Å². The Hall–Kier alpha value is -1.87. The van der Waals surface area contributed by atoms with Gasteiger partial charge in [0.25, 0.3) is 5.56 Å². The molecule has 0 aliphatic rings. The summed E-state index contributed by atoms with van der Waals surface area (Å²) < 4.78 is 1.52. The number of rotatable bonds is 3. The molecule has 0 atom stereocenters. The van der Waals surface area contributed by atoms with E-state index in [4.69, 9.17) is 5.73 Å². The van der Waals surface area contributed by atoms with Gasteiger partial charge in [0.2, 0.25) is 11.1 Å². The molecule has 0 spiro atoms. The van der Waals surface area contributed by atoms with Gasteiger partial charge in [-0.25, -0.2) is 10.1 Å². The number of H-pyrrole nitrogens is 1. The first-order chi connectivity index (χ1) is 8.72. The molecule has 0 bridgehead atoms. The molecule has 0 amide bonds. The largest absolute Gasteiger partial charge is 0.368 e. The van der Waals surface area contributed by atoms with E-state index in [1.54, 1.807) is 6.20 Å². The lowest BCUT2D eigenvalue weighted by molar-refractivity contribution is 0.970. The van der Waals surface area contributed by atoms with Gasteiger partial charge in [-0.15, -0.1) is 16.4 Å². The minimum absolute atomic E-state index is 0.0775. The molecular weight excluding hydrogens is 272 g/mol. The molecule has 3 aromatic heterocycles. The van der Waals surface area contributed by atoms with Crippen molar-refractivity contribution < 1.29 is 0 Å². The molecule has 92 valence electrons. The fraction of sp³-hybridized carbons (Fsp3) is 0.111. The lowest BCUT2D eigenvalue weighted by atomic mass is 10.4. The Morgan fingerprint density at radius 1 is 1.50 bits per heavy atom. The molecule has 0 aliphatic carbocycles. The van der Waals surface area contributed by atoms with Crippen molar-refractivity contribution in [1.82, 2.24) is 24.6 Å². The first kappa shape index (κ1) is 11.2. The molecule has 3 rings (SSSR count). The highest BCUT2D eigenvalue weighted by Crippen LogP contribution is 2.18. The Kier molecular flexibility index (Phi) is 2.76. The highest BCUT2D eigenvalue weighted by molar-refractivity contribution is 7.98. The number of nitrogens with one attached hydrogen (secondary N) is 1. The molecule has 0 saturated heterocycles. The van der Waals surface area contributed by atoms with Crippen molar-refractivity contribution >= 4 is 34.0 Å². The number of nitrogens with two attached hydrogens (primary N) is 1. The van der Waals surface area contributed by atoms with E-state index in [0.29, 0.717) is 21.6 Å². The monoisotopic (exact) mass is 280 g/mol. The van der Waals surface area contributed by atoms with E-state index in [2.05, 4.69) is 20.2 Å². The summed E-state index contributed by atoms with van der Waals surface area (Å²) in [4.78, 5) is 20.8. The number of nitrogen functional groups attached to an aromatic ring is 1. The van der Waals surface area contributed by atoms with Gasteiger partial charge in [0.05, 0.1) is 5.69 Å². The van der Waals surface area contributed by atoms with E-state index in [0.717, 1.165) is 0 Å². The Morgan fingerprint density at radius 2 is 2.39 bits per heavy atom. The first-order valence-corrected chi connectivity index (χ1v) is 6.85. The van der Waals surface area contributed by atoms with Crippen LogP contribution in [-0.2, 0) is 5.75 Å². The Morgan fingerprint density at radius 3 is 3.17 bits per heavy atom. The first-order valence-electron chi connectivity index (χ1n) is 4.99. The van der Waals surface area contributed by atoms with E-state index in [1.165, 1.54) is 33.6 Å². The van der Waals surface area contributed by atoms with Gasteiger partial charge >= 0.3 is 0 Å². The number of hydrogen-bond acceptors (Lipinski definition) is 7. The number of aromatic amines is 1. The Labute approximate surface area is 109 Å². The number of hydrogen-bond donors (Lipinski definition) is 2. The summed E-state index contributed by atoms with van der Waals surface area (Å²) in [6, 6.07) is 1.52. The lowest BCUT2D eigenvalue weighted by Gasteiger charge is -1.98. The number of aromatic nitrogens is 5. The maximum Gasteiger partial charge on any atom is 0.258 e. The highest BCUT2D eigenvalue weighted by Gasteiger charge is 2.06. The molecule has 0 aliphatic heterocycles. The van der Waals surface area contributed by atoms with Gasteiger partial charge in [-0.2, -0.15) is 4.98 Å². The molecule has 3 aromatic rings. The number of anilines is 1. The lowest BCUT2D eigenvalue weighted by Crippen LogP contribution is -2.12. The van der Waals surface area contributed by atoms with Crippen molar-refractivity contribution in [2.75, 3.05) is 5.73 Å². The van der Waals surface area contributed by atoms with Crippen LogP contribution in [0.2, 0.25) is 0 Å². The van der Waals surface area contributed by atoms with Crippen molar-refractivity contribution in [2.24, 2.45) is 0 Å². The normalized spacial score (nSPS) is 11.1. The molecule has 0 radical (unpaired) electrons. The van der Waals surface area contributed by atoms with Crippen molar-refractivity contribution in [3.63, 3.8) is 0 Å². The molecule has 0 fully saturated rings. The van der Waals surface area contributed by atoms with Gasteiger partial charge in [0.1, 0.15) is 0 Å². The van der Waals surface area contributed by atoms with E-state index in [1.807, 2.05) is 5.38 Å². The van der Waals surface area contributed by atoms with Crippen LogP contribution < -0.4 is 11.3 Å². The average Bonchev–Trinajstić information content (AvgIpc) is 2.95. The van der Waals surface area contributed by atoms with Crippen LogP contribution in [0, 0.1) is 0 Å². The van der Waals surface area contributed by atoms with Crippen LogP contribution in [-0.4, -0.2) is 24.6 Å². The van der Waals surface area contributed by atoms with Gasteiger partial charge < -0.3 is 5.73 Å². The van der Waals surface area contributed by atoms with Crippen molar-refractivity contribution in [3.05, 3.63) is 33.7 Å². The highest BCUT2D eigenvalue weighted by atomic mass is 32.2. The summed E-state index contributed by atoms with van der Waals surface area (Å²) in [7, 11) is 0. The quantitative estimate of drug-likeness (QED) is 0.686. The predicted molar refractivity (Wildman–Crippen MR) is 69.7 cm³/mol. The molecule has 7 nitrogen and oxygen atoms in total. The van der Waals surface area contributed by atoms with Crippen LogP contribution in [0.1, 0.15) is 5.69 Å². The molecule has 9 heteroatoms. The zero-order valence-electron chi connectivity index (χ0n) is 9.03. The fourth-order valence-corrected chi connectivity index (χ4v) is 2.86. The molecule has 0 aromatic carbocycles. The summed E-state index contributed by atoms with van der Waals surface area (Å²) in [5.41, 5.74) is 6.05. The van der Waals surface area contributed by atoms with E-state index >= 15 is 0 Å². The summed E-state index contributed by atoms with van der Waals surface area (Å²) in [5.74, 6) is 0.806. The predicted octanol–water partition coefficient (Wildman–Crippen LogP) is 0.749. The molecule has 3 heterocycles. The summed E-state index contributed by atoms with van der Waals surface area (Å²) in [6.07, 6.45) is 1.71. The second-order valence-electron chi connectivity index (χ2n) is 3.43. The maximum absolute atomic E-state index is 11.7. The number of fused-ring (bicyclic) bond motifs is 1. The van der Waals surface area contributed by atoms with Gasteiger partial charge in [-0.05, 0) is 0 Å². The molecule has 3 N–H and O–H groups in total. The third-order valence-corrected chi connectivity index (χ3v) is 3.83. The number of thioether (sulfide) groups is 1. The van der Waals surface area contributed by atoms with Gasteiger partial charge in [0.15, 0.2) is 4.96 Å². The summed E-state index contributed by atoms with van der Waals surface area (Å²) in [5, 5.41) is 8.82. The van der Waals surface area contributed by atoms with E-state index < -0.39 is 0 Å². The smallest absolute Gasteiger partial charge is 0.258 e. The molecule has 18 heavy (non-hydrogen) atoms. The van der Waals surface area contributed by atoms with Crippen LogP contribution in [0.4, 0.5) is 5.95 Å². The SMILES string of the molecule is Nc1nc(SCc2cc(=O)n3ccsc3n2)n[nH]1. The van der Waals surface area contributed by atoms with Crippen LogP contribution in [0.3, 0.4) is 0 Å². The van der Waals surface area contributed by atoms with E-state index in [-0.39, 0.29) is 11.5 Å². The molecule has 0 saturated carbocycles. The van der Waals surface area contributed by atoms with E-state index in [9.17, 15) is 4.79 Å². The molecular formula is C9H8N6OS2. The van der Waals surface area contributed by atoms with Crippen molar-refractivity contribution in [3.8, 4) is 0 Å². The number of thiazole rings is 1. The number of nitrogens with zero attached hydrogens (tertiary/aromatic N) is 4. The average molecular weight is 280 g/mol.